The van der Waals surface area contributed by atoms with Gasteiger partial charge in [0, 0.05) is 36.8 Å². The molecule has 2 aliphatic rings. The largest absolute Gasteiger partial charge is 0.488 e. The number of nitrogens with zero attached hydrogens (tertiary/aromatic N) is 2. The molecule has 0 atom stereocenters. The quantitative estimate of drug-likeness (QED) is 0.810. The van der Waals surface area contributed by atoms with E-state index in [9.17, 15) is 13.2 Å². The van der Waals surface area contributed by atoms with Gasteiger partial charge in [0.1, 0.15) is 12.4 Å². The first kappa shape index (κ1) is 17.3. The third-order valence-electron chi connectivity index (χ3n) is 4.24. The van der Waals surface area contributed by atoms with Crippen molar-refractivity contribution in [1.29, 1.82) is 0 Å². The van der Waals surface area contributed by atoms with Gasteiger partial charge in [0.15, 0.2) is 0 Å². The number of hydrogen-bond donors (Lipinski definition) is 0. The van der Waals surface area contributed by atoms with Crippen molar-refractivity contribution >= 4 is 33.6 Å². The highest BCUT2D eigenvalue weighted by molar-refractivity contribution is 7.89. The van der Waals surface area contributed by atoms with Gasteiger partial charge in [0.2, 0.25) is 10.0 Å². The van der Waals surface area contributed by atoms with Gasteiger partial charge in [0.25, 0.3) is 5.91 Å². The van der Waals surface area contributed by atoms with Crippen molar-refractivity contribution in [3.05, 3.63) is 34.4 Å². The smallest absolute Gasteiger partial charge is 0.253 e. The van der Waals surface area contributed by atoms with E-state index in [2.05, 4.69) is 0 Å². The van der Waals surface area contributed by atoms with E-state index in [0.717, 1.165) is 5.56 Å². The van der Waals surface area contributed by atoms with Crippen LogP contribution in [0.15, 0.2) is 23.8 Å². The number of hydrogen-bond acceptors (Lipinski definition) is 4. The van der Waals surface area contributed by atoms with Gasteiger partial charge < -0.3 is 9.64 Å². The summed E-state index contributed by atoms with van der Waals surface area (Å²) in [6.45, 7) is 3.27. The van der Waals surface area contributed by atoms with Crippen LogP contribution in [0.5, 0.6) is 5.75 Å². The minimum absolute atomic E-state index is 0.0808. The number of benzene rings is 1. The van der Waals surface area contributed by atoms with E-state index in [-0.39, 0.29) is 18.3 Å². The fourth-order valence-corrected chi connectivity index (χ4v) is 4.09. The summed E-state index contributed by atoms with van der Waals surface area (Å²) >= 11 is 5.98. The second-order valence-electron chi connectivity index (χ2n) is 5.73. The molecule has 8 heteroatoms. The van der Waals surface area contributed by atoms with Crippen molar-refractivity contribution in [2.24, 2.45) is 0 Å². The Labute approximate surface area is 146 Å². The zero-order valence-electron chi connectivity index (χ0n) is 13.4. The lowest BCUT2D eigenvalue weighted by atomic mass is 10.1. The van der Waals surface area contributed by atoms with Gasteiger partial charge in [-0.05, 0) is 31.2 Å². The third kappa shape index (κ3) is 3.43. The summed E-state index contributed by atoms with van der Waals surface area (Å²) < 4.78 is 30.8. The summed E-state index contributed by atoms with van der Waals surface area (Å²) in [7, 11) is -3.20. The number of ether oxygens (including phenoxy) is 1. The Balaban J connectivity index is 1.70. The minimum atomic E-state index is -3.20. The maximum Gasteiger partial charge on any atom is 0.253 e. The van der Waals surface area contributed by atoms with Crippen molar-refractivity contribution in [1.82, 2.24) is 9.21 Å². The molecule has 6 nitrogen and oxygen atoms in total. The van der Waals surface area contributed by atoms with E-state index < -0.39 is 10.0 Å². The molecule has 0 N–H and O–H groups in total. The number of piperazine rings is 1. The maximum atomic E-state index is 12.7. The number of carbonyl (C=O) groups is 1. The number of fused-ring (bicyclic) bond motifs is 1. The van der Waals surface area contributed by atoms with Gasteiger partial charge in [-0.15, -0.1) is 0 Å². The highest BCUT2D eigenvalue weighted by Crippen LogP contribution is 2.29. The van der Waals surface area contributed by atoms with E-state index in [0.29, 0.717) is 42.5 Å². The molecule has 1 saturated heterocycles. The molecule has 1 aromatic carbocycles. The first-order chi connectivity index (χ1) is 11.4. The molecule has 3 rings (SSSR count). The molecule has 130 valence electrons. The number of halogens is 1. The van der Waals surface area contributed by atoms with Crippen molar-refractivity contribution in [2.45, 2.75) is 6.92 Å². The second-order valence-corrected chi connectivity index (χ2v) is 8.43. The molecule has 0 saturated carbocycles. The molecule has 24 heavy (non-hydrogen) atoms. The Morgan fingerprint density at radius 2 is 1.96 bits per heavy atom. The van der Waals surface area contributed by atoms with Gasteiger partial charge in [0.05, 0.1) is 11.3 Å². The van der Waals surface area contributed by atoms with Crippen molar-refractivity contribution < 1.29 is 17.9 Å². The lowest BCUT2D eigenvalue weighted by Gasteiger charge is -2.34. The summed E-state index contributed by atoms with van der Waals surface area (Å²) in [5.74, 6) is 0.668. The molecular formula is C16H19ClN2O4S. The topological polar surface area (TPSA) is 66.9 Å². The Morgan fingerprint density at radius 3 is 2.62 bits per heavy atom. The van der Waals surface area contributed by atoms with E-state index in [1.807, 2.05) is 0 Å². The zero-order chi connectivity index (χ0) is 17.3. The molecule has 1 fully saturated rings. The molecular weight excluding hydrogens is 352 g/mol. The van der Waals surface area contributed by atoms with Crippen molar-refractivity contribution in [3.8, 4) is 5.75 Å². The maximum absolute atomic E-state index is 12.7. The summed E-state index contributed by atoms with van der Waals surface area (Å²) in [6, 6.07) is 5.29. The standard InChI is InChI=1S/C16H19ClN2O4S/c1-2-24(21,22)19-7-5-18(6-8-19)16(20)13-9-12-10-14(17)3-4-15(12)23-11-13/h3-4,9-10H,2,5-8,11H2,1H3. The molecule has 0 radical (unpaired) electrons. The van der Waals surface area contributed by atoms with Gasteiger partial charge in [-0.2, -0.15) is 4.31 Å². The normalized spacial score (nSPS) is 18.6. The number of rotatable bonds is 3. The van der Waals surface area contributed by atoms with Crippen LogP contribution in [-0.2, 0) is 14.8 Å². The molecule has 0 unspecified atom stereocenters. The monoisotopic (exact) mass is 370 g/mol. The molecule has 1 amide bonds. The summed E-state index contributed by atoms with van der Waals surface area (Å²) in [5, 5.41) is 0.584. The lowest BCUT2D eigenvalue weighted by Crippen LogP contribution is -2.51. The molecule has 0 aromatic heterocycles. The zero-order valence-corrected chi connectivity index (χ0v) is 14.9. The van der Waals surface area contributed by atoms with Crippen LogP contribution < -0.4 is 4.74 Å². The van der Waals surface area contributed by atoms with Crippen LogP contribution in [0, 0.1) is 0 Å². The minimum Gasteiger partial charge on any atom is -0.488 e. The molecule has 2 heterocycles. The fraction of sp³-hybridized carbons (Fsp3) is 0.438. The molecule has 2 aliphatic heterocycles. The predicted octanol–water partition coefficient (Wildman–Crippen LogP) is 1.61. The van der Waals surface area contributed by atoms with Crippen LogP contribution in [0.3, 0.4) is 0 Å². The molecule has 0 aliphatic carbocycles. The molecule has 0 spiro atoms. The first-order valence-electron chi connectivity index (χ1n) is 7.81. The van der Waals surface area contributed by atoms with E-state index in [4.69, 9.17) is 16.3 Å². The van der Waals surface area contributed by atoms with Crippen molar-refractivity contribution in [3.63, 3.8) is 0 Å². The highest BCUT2D eigenvalue weighted by atomic mass is 35.5. The van der Waals surface area contributed by atoms with Gasteiger partial charge in [-0.3, -0.25) is 4.79 Å². The SMILES string of the molecule is CCS(=O)(=O)N1CCN(C(=O)C2=Cc3cc(Cl)ccc3OC2)CC1. The lowest BCUT2D eigenvalue weighted by molar-refractivity contribution is -0.128. The van der Waals surface area contributed by atoms with Crippen molar-refractivity contribution in [2.75, 3.05) is 38.5 Å². The van der Waals surface area contributed by atoms with Gasteiger partial charge in [-0.25, -0.2) is 8.42 Å². The van der Waals surface area contributed by atoms with Crippen LogP contribution in [0.1, 0.15) is 12.5 Å². The van der Waals surface area contributed by atoms with Gasteiger partial charge >= 0.3 is 0 Å². The van der Waals surface area contributed by atoms with Crippen LogP contribution in [-0.4, -0.2) is 62.1 Å². The first-order valence-corrected chi connectivity index (χ1v) is 9.79. The predicted molar refractivity (Wildman–Crippen MR) is 92.5 cm³/mol. The fourth-order valence-electron chi connectivity index (χ4n) is 2.83. The van der Waals surface area contributed by atoms with E-state index >= 15 is 0 Å². The van der Waals surface area contributed by atoms with Crippen LogP contribution in [0.2, 0.25) is 5.02 Å². The van der Waals surface area contributed by atoms with Gasteiger partial charge in [-0.1, -0.05) is 11.6 Å². The van der Waals surface area contributed by atoms with Crippen LogP contribution in [0.25, 0.3) is 6.08 Å². The Morgan fingerprint density at radius 1 is 1.25 bits per heavy atom. The van der Waals surface area contributed by atoms with Crippen LogP contribution >= 0.6 is 11.6 Å². The van der Waals surface area contributed by atoms with E-state index in [1.54, 1.807) is 36.1 Å². The summed E-state index contributed by atoms with van der Waals surface area (Å²) in [4.78, 5) is 14.3. The highest BCUT2D eigenvalue weighted by Gasteiger charge is 2.29. The average Bonchev–Trinajstić information content (AvgIpc) is 2.60. The number of carbonyl (C=O) groups excluding carboxylic acids is 1. The third-order valence-corrected chi connectivity index (χ3v) is 6.36. The number of sulfonamides is 1. The molecule has 0 bridgehead atoms. The summed E-state index contributed by atoms with van der Waals surface area (Å²) in [6.07, 6.45) is 1.79. The Bertz CT molecular complexity index is 783. The van der Waals surface area contributed by atoms with E-state index in [1.165, 1.54) is 4.31 Å². The summed E-state index contributed by atoms with van der Waals surface area (Å²) in [5.41, 5.74) is 1.33. The van der Waals surface area contributed by atoms with Crippen LogP contribution in [0.4, 0.5) is 0 Å². The average molecular weight is 371 g/mol. The Hall–Kier alpha value is -1.57. The molecule has 1 aromatic rings. The second kappa shape index (κ2) is 6.74. The number of amides is 1. The Kier molecular flexibility index (Phi) is 4.85.